The lowest BCUT2D eigenvalue weighted by Crippen LogP contribution is -2.41. The molecule has 0 unspecified atom stereocenters. The van der Waals surface area contributed by atoms with Crippen molar-refractivity contribution in [2.75, 3.05) is 26.2 Å². The highest BCUT2D eigenvalue weighted by Gasteiger charge is 2.25. The first-order valence-corrected chi connectivity index (χ1v) is 8.97. The van der Waals surface area contributed by atoms with Gasteiger partial charge in [0.1, 0.15) is 17.3 Å². The second-order valence-electron chi connectivity index (χ2n) is 6.47. The summed E-state index contributed by atoms with van der Waals surface area (Å²) in [6, 6.07) is 13.5. The number of hydrogen-bond acceptors (Lipinski definition) is 4. The average Bonchev–Trinajstić information content (AvgIpc) is 3.08. The fourth-order valence-corrected chi connectivity index (χ4v) is 3.20. The van der Waals surface area contributed by atoms with Crippen LogP contribution in [0.3, 0.4) is 0 Å². The smallest absolute Gasteiger partial charge is 0.258 e. The van der Waals surface area contributed by atoms with E-state index in [0.717, 1.165) is 24.6 Å². The molecule has 1 aliphatic rings. The van der Waals surface area contributed by atoms with Crippen molar-refractivity contribution < 1.29 is 13.9 Å². The van der Waals surface area contributed by atoms with Gasteiger partial charge in [-0.05, 0) is 57.1 Å². The Balaban J connectivity index is 1.55. The Morgan fingerprint density at radius 2 is 1.92 bits per heavy atom. The van der Waals surface area contributed by atoms with Crippen LogP contribution in [0.1, 0.15) is 36.8 Å². The van der Waals surface area contributed by atoms with Gasteiger partial charge in [0.15, 0.2) is 6.61 Å². The standard InChI is InChI=1S/C20H26N2O3/c1-16-10-11-19(25-16)18(22-12-6-3-7-13-22)14-21-20(23)15-24-17-8-4-2-5-9-17/h2,4-5,8-11,18H,3,6-7,12-15H2,1H3,(H,21,23)/t18-/m0/s1. The number of piperidine rings is 1. The lowest BCUT2D eigenvalue weighted by atomic mass is 10.1. The average molecular weight is 342 g/mol. The molecule has 0 radical (unpaired) electrons. The van der Waals surface area contributed by atoms with E-state index in [4.69, 9.17) is 9.15 Å². The van der Waals surface area contributed by atoms with Crippen LogP contribution in [-0.4, -0.2) is 37.0 Å². The lowest BCUT2D eigenvalue weighted by Gasteiger charge is -2.33. The maximum Gasteiger partial charge on any atom is 0.258 e. The first-order valence-electron chi connectivity index (χ1n) is 8.97. The van der Waals surface area contributed by atoms with Gasteiger partial charge in [-0.1, -0.05) is 24.6 Å². The zero-order valence-electron chi connectivity index (χ0n) is 14.7. The van der Waals surface area contributed by atoms with Crippen molar-refractivity contribution >= 4 is 5.91 Å². The fourth-order valence-electron chi connectivity index (χ4n) is 3.20. The van der Waals surface area contributed by atoms with E-state index in [1.807, 2.05) is 49.4 Å². The summed E-state index contributed by atoms with van der Waals surface area (Å²) in [5, 5.41) is 2.99. The van der Waals surface area contributed by atoms with Gasteiger partial charge in [-0.15, -0.1) is 0 Å². The van der Waals surface area contributed by atoms with Crippen LogP contribution in [0.4, 0.5) is 0 Å². The third-order valence-corrected chi connectivity index (χ3v) is 4.53. The summed E-state index contributed by atoms with van der Waals surface area (Å²) in [5.41, 5.74) is 0. The number of likely N-dealkylation sites (tertiary alicyclic amines) is 1. The van der Waals surface area contributed by atoms with Crippen molar-refractivity contribution in [3.63, 3.8) is 0 Å². The molecule has 1 aliphatic heterocycles. The largest absolute Gasteiger partial charge is 0.484 e. The molecule has 1 N–H and O–H groups in total. The van der Waals surface area contributed by atoms with Crippen LogP contribution < -0.4 is 10.1 Å². The minimum Gasteiger partial charge on any atom is -0.484 e. The second-order valence-corrected chi connectivity index (χ2v) is 6.47. The highest BCUT2D eigenvalue weighted by Crippen LogP contribution is 2.25. The molecule has 1 aromatic heterocycles. The molecule has 1 fully saturated rings. The molecule has 0 spiro atoms. The third kappa shape index (κ3) is 5.10. The van der Waals surface area contributed by atoms with Crippen molar-refractivity contribution in [2.45, 2.75) is 32.2 Å². The number of carbonyl (C=O) groups is 1. The van der Waals surface area contributed by atoms with Crippen molar-refractivity contribution in [1.29, 1.82) is 0 Å². The first kappa shape index (κ1) is 17.5. The number of amides is 1. The summed E-state index contributed by atoms with van der Waals surface area (Å²) in [5.74, 6) is 2.40. The summed E-state index contributed by atoms with van der Waals surface area (Å²) in [6.07, 6.45) is 3.67. The monoisotopic (exact) mass is 342 g/mol. The molecule has 0 bridgehead atoms. The van der Waals surface area contributed by atoms with Crippen LogP contribution in [-0.2, 0) is 4.79 Å². The van der Waals surface area contributed by atoms with E-state index in [9.17, 15) is 4.79 Å². The van der Waals surface area contributed by atoms with Crippen molar-refractivity contribution in [1.82, 2.24) is 10.2 Å². The van der Waals surface area contributed by atoms with Gasteiger partial charge in [-0.25, -0.2) is 0 Å². The minimum absolute atomic E-state index is 0.0217. The van der Waals surface area contributed by atoms with Gasteiger partial charge in [0.25, 0.3) is 5.91 Å². The molecule has 0 saturated carbocycles. The Kier molecular flexibility index (Phi) is 6.12. The van der Waals surface area contributed by atoms with Crippen LogP contribution in [0.25, 0.3) is 0 Å². The highest BCUT2D eigenvalue weighted by atomic mass is 16.5. The van der Waals surface area contributed by atoms with Crippen molar-refractivity contribution in [3.8, 4) is 5.75 Å². The number of furan rings is 1. The van der Waals surface area contributed by atoms with Crippen LogP contribution in [0.2, 0.25) is 0 Å². The van der Waals surface area contributed by atoms with Gasteiger partial charge in [-0.3, -0.25) is 9.69 Å². The maximum atomic E-state index is 12.2. The predicted molar refractivity (Wildman–Crippen MR) is 96.6 cm³/mol. The molecule has 2 heterocycles. The zero-order chi connectivity index (χ0) is 17.5. The van der Waals surface area contributed by atoms with Crippen LogP contribution >= 0.6 is 0 Å². The van der Waals surface area contributed by atoms with E-state index in [2.05, 4.69) is 10.2 Å². The van der Waals surface area contributed by atoms with Gasteiger partial charge < -0.3 is 14.5 Å². The van der Waals surface area contributed by atoms with Gasteiger partial charge in [0.2, 0.25) is 0 Å². The topological polar surface area (TPSA) is 54.7 Å². The first-order chi connectivity index (χ1) is 12.2. The molecule has 1 aromatic carbocycles. The van der Waals surface area contributed by atoms with Crippen LogP contribution in [0, 0.1) is 6.92 Å². The Morgan fingerprint density at radius 1 is 1.16 bits per heavy atom. The normalized spacial score (nSPS) is 16.4. The number of ether oxygens (including phenoxy) is 1. The molecule has 25 heavy (non-hydrogen) atoms. The summed E-state index contributed by atoms with van der Waals surface area (Å²) in [6.45, 7) is 4.59. The molecule has 134 valence electrons. The maximum absolute atomic E-state index is 12.2. The van der Waals surface area contributed by atoms with Crippen LogP contribution in [0.15, 0.2) is 46.9 Å². The predicted octanol–water partition coefficient (Wildman–Crippen LogP) is 3.31. The summed E-state index contributed by atoms with van der Waals surface area (Å²) < 4.78 is 11.3. The van der Waals surface area contributed by atoms with E-state index in [-0.39, 0.29) is 18.6 Å². The molecule has 1 amide bonds. The van der Waals surface area contributed by atoms with E-state index < -0.39 is 0 Å². The fraction of sp³-hybridized carbons (Fsp3) is 0.450. The Bertz CT molecular complexity index is 663. The molecule has 0 aliphatic carbocycles. The summed E-state index contributed by atoms with van der Waals surface area (Å²) in [7, 11) is 0. The quantitative estimate of drug-likeness (QED) is 0.839. The minimum atomic E-state index is -0.117. The number of hydrogen-bond donors (Lipinski definition) is 1. The number of benzene rings is 1. The zero-order valence-corrected chi connectivity index (χ0v) is 14.7. The van der Waals surface area contributed by atoms with Crippen molar-refractivity contribution in [2.24, 2.45) is 0 Å². The molecule has 2 aromatic rings. The third-order valence-electron chi connectivity index (χ3n) is 4.53. The van der Waals surface area contributed by atoms with Crippen LogP contribution in [0.5, 0.6) is 5.75 Å². The van der Waals surface area contributed by atoms with E-state index in [1.165, 1.54) is 19.3 Å². The number of rotatable bonds is 7. The summed E-state index contributed by atoms with van der Waals surface area (Å²) >= 11 is 0. The summed E-state index contributed by atoms with van der Waals surface area (Å²) in [4.78, 5) is 14.6. The Morgan fingerprint density at radius 3 is 2.60 bits per heavy atom. The highest BCUT2D eigenvalue weighted by molar-refractivity contribution is 5.77. The number of nitrogens with one attached hydrogen (secondary N) is 1. The van der Waals surface area contributed by atoms with Gasteiger partial charge in [-0.2, -0.15) is 0 Å². The molecule has 3 rings (SSSR count). The SMILES string of the molecule is Cc1ccc([C@H](CNC(=O)COc2ccccc2)N2CCCCC2)o1. The van der Waals surface area contributed by atoms with Crippen molar-refractivity contribution in [3.05, 3.63) is 54.0 Å². The van der Waals surface area contributed by atoms with Gasteiger partial charge in [0, 0.05) is 6.54 Å². The molecule has 1 saturated heterocycles. The van der Waals surface area contributed by atoms with Gasteiger partial charge >= 0.3 is 0 Å². The Labute approximate surface area is 149 Å². The molecule has 5 heteroatoms. The number of aryl methyl sites for hydroxylation is 1. The molecule has 5 nitrogen and oxygen atoms in total. The van der Waals surface area contributed by atoms with E-state index in [0.29, 0.717) is 12.3 Å². The number of para-hydroxylation sites is 1. The van der Waals surface area contributed by atoms with Gasteiger partial charge in [0.05, 0.1) is 6.04 Å². The number of nitrogens with zero attached hydrogens (tertiary/aromatic N) is 1. The molecular formula is C20H26N2O3. The Hall–Kier alpha value is -2.27. The van der Waals surface area contributed by atoms with E-state index >= 15 is 0 Å². The lowest BCUT2D eigenvalue weighted by molar-refractivity contribution is -0.123. The second kappa shape index (κ2) is 8.72. The number of carbonyl (C=O) groups excluding carboxylic acids is 1. The molecule has 1 atom stereocenters. The molecular weight excluding hydrogens is 316 g/mol. The van der Waals surface area contributed by atoms with E-state index in [1.54, 1.807) is 0 Å².